The first-order valence-electron chi connectivity index (χ1n) is 7.63. The third kappa shape index (κ3) is 4.05. The van der Waals surface area contributed by atoms with E-state index in [0.717, 1.165) is 12.8 Å². The minimum absolute atomic E-state index is 0.433. The average Bonchev–Trinajstić information content (AvgIpc) is 2.39. The van der Waals surface area contributed by atoms with Crippen molar-refractivity contribution in [1.82, 2.24) is 4.90 Å². The monoisotopic (exact) mass is 260 g/mol. The van der Waals surface area contributed by atoms with Crippen molar-refractivity contribution in [3.8, 4) is 0 Å². The maximum atomic E-state index is 5.95. The van der Waals surface area contributed by atoms with Gasteiger partial charge < -0.3 is 10.6 Å². The summed E-state index contributed by atoms with van der Waals surface area (Å²) in [6.45, 7) is 10.3. The van der Waals surface area contributed by atoms with Crippen LogP contribution in [0.2, 0.25) is 0 Å². The molecule has 1 saturated heterocycles. The van der Waals surface area contributed by atoms with Crippen molar-refractivity contribution in [2.75, 3.05) is 19.6 Å². The molecule has 1 fully saturated rings. The summed E-state index contributed by atoms with van der Waals surface area (Å²) in [6, 6.07) is 7.37. The van der Waals surface area contributed by atoms with Crippen LogP contribution in [0.5, 0.6) is 0 Å². The number of aryl methyl sites for hydroxylation is 1. The van der Waals surface area contributed by atoms with Crippen molar-refractivity contribution >= 4 is 0 Å². The van der Waals surface area contributed by atoms with Gasteiger partial charge in [-0.2, -0.15) is 0 Å². The summed E-state index contributed by atoms with van der Waals surface area (Å²) in [5, 5.41) is 0. The van der Waals surface area contributed by atoms with E-state index in [9.17, 15) is 0 Å². The number of benzene rings is 1. The Bertz CT molecular complexity index is 404. The largest absolute Gasteiger partial charge is 0.328 e. The first-order chi connectivity index (χ1) is 9.06. The van der Waals surface area contributed by atoms with Crippen LogP contribution >= 0.6 is 0 Å². The Labute approximate surface area is 118 Å². The summed E-state index contributed by atoms with van der Waals surface area (Å²) < 4.78 is 0. The standard InChI is InChI=1S/C17H28N2/c1-13(2)15-5-4-14(3)16(12-15)6-9-19-10-7-17(18)8-11-19/h4-5,12-13,17H,6-11,18H2,1-3H3. The highest BCUT2D eigenvalue weighted by molar-refractivity contribution is 5.32. The van der Waals surface area contributed by atoms with Crippen LogP contribution < -0.4 is 5.73 Å². The van der Waals surface area contributed by atoms with Gasteiger partial charge in [-0.15, -0.1) is 0 Å². The second-order valence-electron chi connectivity index (χ2n) is 6.27. The highest BCUT2D eigenvalue weighted by atomic mass is 15.1. The third-order valence-electron chi connectivity index (χ3n) is 4.37. The molecule has 1 aromatic carbocycles. The van der Waals surface area contributed by atoms with Gasteiger partial charge in [-0.1, -0.05) is 32.0 Å². The summed E-state index contributed by atoms with van der Waals surface area (Å²) in [5.74, 6) is 0.618. The van der Waals surface area contributed by atoms with Crippen molar-refractivity contribution in [2.45, 2.75) is 52.0 Å². The molecule has 1 heterocycles. The summed E-state index contributed by atoms with van der Waals surface area (Å²) in [4.78, 5) is 2.56. The SMILES string of the molecule is Cc1ccc(C(C)C)cc1CCN1CCC(N)CC1. The van der Waals surface area contributed by atoms with Crippen molar-refractivity contribution < 1.29 is 0 Å². The summed E-state index contributed by atoms with van der Waals surface area (Å²) in [7, 11) is 0. The molecule has 0 amide bonds. The van der Waals surface area contributed by atoms with Crippen molar-refractivity contribution in [1.29, 1.82) is 0 Å². The molecule has 0 radical (unpaired) electrons. The molecule has 0 spiro atoms. The molecular weight excluding hydrogens is 232 g/mol. The molecule has 0 atom stereocenters. The van der Waals surface area contributed by atoms with Crippen LogP contribution in [0, 0.1) is 6.92 Å². The van der Waals surface area contributed by atoms with Gasteiger partial charge in [0.05, 0.1) is 0 Å². The van der Waals surface area contributed by atoms with Crippen molar-refractivity contribution in [3.05, 3.63) is 34.9 Å². The number of hydrogen-bond acceptors (Lipinski definition) is 2. The van der Waals surface area contributed by atoms with E-state index in [4.69, 9.17) is 5.73 Å². The lowest BCUT2D eigenvalue weighted by molar-refractivity contribution is 0.215. The van der Waals surface area contributed by atoms with E-state index in [1.165, 1.54) is 42.7 Å². The Morgan fingerprint density at radius 1 is 1.26 bits per heavy atom. The molecule has 2 nitrogen and oxygen atoms in total. The second-order valence-corrected chi connectivity index (χ2v) is 6.27. The van der Waals surface area contributed by atoms with Gasteiger partial charge in [0.1, 0.15) is 0 Å². The van der Waals surface area contributed by atoms with Crippen LogP contribution in [0.25, 0.3) is 0 Å². The minimum Gasteiger partial charge on any atom is -0.328 e. The lowest BCUT2D eigenvalue weighted by Gasteiger charge is -2.30. The minimum atomic E-state index is 0.433. The third-order valence-corrected chi connectivity index (χ3v) is 4.37. The number of piperidine rings is 1. The van der Waals surface area contributed by atoms with E-state index in [-0.39, 0.29) is 0 Å². The molecule has 19 heavy (non-hydrogen) atoms. The summed E-state index contributed by atoms with van der Waals surface area (Å²) in [6.07, 6.45) is 3.48. The molecule has 2 rings (SSSR count). The predicted molar refractivity (Wildman–Crippen MR) is 82.6 cm³/mol. The van der Waals surface area contributed by atoms with Gasteiger partial charge in [0.15, 0.2) is 0 Å². The topological polar surface area (TPSA) is 29.3 Å². The Morgan fingerprint density at radius 3 is 2.58 bits per heavy atom. The molecule has 1 aromatic rings. The fourth-order valence-electron chi connectivity index (χ4n) is 2.77. The van der Waals surface area contributed by atoms with E-state index in [0.29, 0.717) is 12.0 Å². The van der Waals surface area contributed by atoms with Gasteiger partial charge in [0.2, 0.25) is 0 Å². The molecule has 0 aromatic heterocycles. The number of nitrogens with two attached hydrogens (primary N) is 1. The van der Waals surface area contributed by atoms with Gasteiger partial charge >= 0.3 is 0 Å². The zero-order valence-corrected chi connectivity index (χ0v) is 12.7. The quantitative estimate of drug-likeness (QED) is 0.901. The van der Waals surface area contributed by atoms with E-state index < -0.39 is 0 Å². The maximum Gasteiger partial charge on any atom is 0.00631 e. The number of nitrogens with zero attached hydrogens (tertiary/aromatic N) is 1. The molecule has 0 bridgehead atoms. The van der Waals surface area contributed by atoms with E-state index in [1.807, 2.05) is 0 Å². The molecule has 1 aliphatic rings. The number of hydrogen-bond donors (Lipinski definition) is 1. The maximum absolute atomic E-state index is 5.95. The van der Waals surface area contributed by atoms with Crippen LogP contribution in [0.4, 0.5) is 0 Å². The van der Waals surface area contributed by atoms with E-state index in [1.54, 1.807) is 0 Å². The zero-order chi connectivity index (χ0) is 13.8. The first-order valence-corrected chi connectivity index (χ1v) is 7.63. The van der Waals surface area contributed by atoms with Gasteiger partial charge in [0.25, 0.3) is 0 Å². The molecule has 106 valence electrons. The average molecular weight is 260 g/mol. The normalized spacial score (nSPS) is 18.2. The van der Waals surface area contributed by atoms with Gasteiger partial charge in [-0.05, 0) is 61.9 Å². The number of likely N-dealkylation sites (tertiary alicyclic amines) is 1. The van der Waals surface area contributed by atoms with Gasteiger partial charge in [-0.3, -0.25) is 0 Å². The van der Waals surface area contributed by atoms with Gasteiger partial charge in [-0.25, -0.2) is 0 Å². The fraction of sp³-hybridized carbons (Fsp3) is 0.647. The smallest absolute Gasteiger partial charge is 0.00631 e. The van der Waals surface area contributed by atoms with Crippen LogP contribution in [-0.2, 0) is 6.42 Å². The molecule has 0 saturated carbocycles. The van der Waals surface area contributed by atoms with Crippen LogP contribution in [0.1, 0.15) is 49.3 Å². The summed E-state index contributed by atoms with van der Waals surface area (Å²) in [5.41, 5.74) is 10.4. The zero-order valence-electron chi connectivity index (χ0n) is 12.7. The first kappa shape index (κ1) is 14.5. The molecule has 0 aliphatic carbocycles. The molecule has 1 aliphatic heterocycles. The summed E-state index contributed by atoms with van der Waals surface area (Å²) >= 11 is 0. The Morgan fingerprint density at radius 2 is 1.95 bits per heavy atom. The van der Waals surface area contributed by atoms with E-state index >= 15 is 0 Å². The van der Waals surface area contributed by atoms with Crippen LogP contribution in [0.15, 0.2) is 18.2 Å². The van der Waals surface area contributed by atoms with Crippen LogP contribution in [0.3, 0.4) is 0 Å². The molecule has 0 unspecified atom stereocenters. The number of rotatable bonds is 4. The van der Waals surface area contributed by atoms with Gasteiger partial charge in [0, 0.05) is 12.6 Å². The molecular formula is C17H28N2. The molecule has 2 heteroatoms. The fourth-order valence-corrected chi connectivity index (χ4v) is 2.77. The second kappa shape index (κ2) is 6.53. The van der Waals surface area contributed by atoms with Crippen molar-refractivity contribution in [2.24, 2.45) is 5.73 Å². The van der Waals surface area contributed by atoms with Crippen molar-refractivity contribution in [3.63, 3.8) is 0 Å². The Hall–Kier alpha value is -0.860. The molecule has 2 N–H and O–H groups in total. The predicted octanol–water partition coefficient (Wildman–Crippen LogP) is 3.08. The highest BCUT2D eigenvalue weighted by Gasteiger charge is 2.15. The van der Waals surface area contributed by atoms with E-state index in [2.05, 4.69) is 43.9 Å². The lowest BCUT2D eigenvalue weighted by atomic mass is 9.96. The van der Waals surface area contributed by atoms with Crippen LogP contribution in [-0.4, -0.2) is 30.6 Å². The Kier molecular flexibility index (Phi) is 5.00. The highest BCUT2D eigenvalue weighted by Crippen LogP contribution is 2.19. The Balaban J connectivity index is 1.93. The lowest BCUT2D eigenvalue weighted by Crippen LogP contribution is -2.40.